The van der Waals surface area contributed by atoms with E-state index in [-0.39, 0.29) is 12.5 Å². The number of nitrogens with one attached hydrogen (secondary N) is 2. The molecular formula is C14H20N2O2. The highest BCUT2D eigenvalue weighted by molar-refractivity contribution is 5.76. The first-order valence-electron chi connectivity index (χ1n) is 6.44. The molecule has 1 aromatic rings. The number of carbonyl (C=O) groups is 1. The highest BCUT2D eigenvalue weighted by Crippen LogP contribution is 2.12. The van der Waals surface area contributed by atoms with Crippen LogP contribution in [-0.4, -0.2) is 24.1 Å². The molecule has 4 nitrogen and oxygen atoms in total. The van der Waals surface area contributed by atoms with Gasteiger partial charge in [0.25, 0.3) is 0 Å². The molecule has 1 aliphatic rings. The molecule has 1 aromatic carbocycles. The van der Waals surface area contributed by atoms with Crippen LogP contribution in [0.1, 0.15) is 24.0 Å². The van der Waals surface area contributed by atoms with Gasteiger partial charge in [-0.25, -0.2) is 0 Å². The maximum Gasteiger partial charge on any atom is 0.220 e. The Balaban J connectivity index is 1.74. The van der Waals surface area contributed by atoms with E-state index in [0.29, 0.717) is 18.9 Å². The van der Waals surface area contributed by atoms with Crippen molar-refractivity contribution < 1.29 is 9.90 Å². The molecule has 0 saturated carbocycles. The van der Waals surface area contributed by atoms with Gasteiger partial charge in [-0.15, -0.1) is 0 Å². The molecule has 1 heterocycles. The van der Waals surface area contributed by atoms with Crippen molar-refractivity contribution in [3.05, 3.63) is 35.4 Å². The molecule has 1 unspecified atom stereocenters. The van der Waals surface area contributed by atoms with Crippen LogP contribution in [0.25, 0.3) is 0 Å². The summed E-state index contributed by atoms with van der Waals surface area (Å²) < 4.78 is 0. The van der Waals surface area contributed by atoms with Crippen molar-refractivity contribution in [3.63, 3.8) is 0 Å². The van der Waals surface area contributed by atoms with E-state index in [1.165, 1.54) is 0 Å². The standard InChI is InChI=1S/C14H20N2O2/c17-10-12-3-1-11(2-4-12)9-16-14(18)7-13-5-6-15-8-13/h1-4,13,15,17H,5-10H2,(H,16,18). The molecule has 0 aliphatic carbocycles. The monoisotopic (exact) mass is 248 g/mol. The number of aliphatic hydroxyl groups excluding tert-OH is 1. The topological polar surface area (TPSA) is 61.4 Å². The Bertz CT molecular complexity index is 383. The van der Waals surface area contributed by atoms with Crippen LogP contribution < -0.4 is 10.6 Å². The van der Waals surface area contributed by atoms with E-state index < -0.39 is 0 Å². The largest absolute Gasteiger partial charge is 0.392 e. The summed E-state index contributed by atoms with van der Waals surface area (Å²) in [6, 6.07) is 7.62. The summed E-state index contributed by atoms with van der Waals surface area (Å²) in [5, 5.41) is 15.1. The second-order valence-corrected chi connectivity index (χ2v) is 4.81. The van der Waals surface area contributed by atoms with Gasteiger partial charge in [0.2, 0.25) is 5.91 Å². The average molecular weight is 248 g/mol. The van der Waals surface area contributed by atoms with Gasteiger partial charge < -0.3 is 15.7 Å². The van der Waals surface area contributed by atoms with Crippen molar-refractivity contribution >= 4 is 5.91 Å². The number of rotatable bonds is 5. The first-order chi connectivity index (χ1) is 8.78. The lowest BCUT2D eigenvalue weighted by Crippen LogP contribution is -2.25. The summed E-state index contributed by atoms with van der Waals surface area (Å²) in [5.74, 6) is 0.608. The highest BCUT2D eigenvalue weighted by Gasteiger charge is 2.17. The maximum absolute atomic E-state index is 11.7. The molecule has 1 fully saturated rings. The highest BCUT2D eigenvalue weighted by atomic mass is 16.3. The quantitative estimate of drug-likeness (QED) is 0.722. The van der Waals surface area contributed by atoms with Gasteiger partial charge in [-0.2, -0.15) is 0 Å². The van der Waals surface area contributed by atoms with Crippen molar-refractivity contribution in [2.75, 3.05) is 13.1 Å². The minimum absolute atomic E-state index is 0.0569. The molecule has 18 heavy (non-hydrogen) atoms. The third-order valence-electron chi connectivity index (χ3n) is 3.33. The van der Waals surface area contributed by atoms with Crippen LogP contribution in [0.2, 0.25) is 0 Å². The summed E-state index contributed by atoms with van der Waals surface area (Å²) in [7, 11) is 0. The fourth-order valence-electron chi connectivity index (χ4n) is 2.19. The summed E-state index contributed by atoms with van der Waals surface area (Å²) in [6.45, 7) is 2.60. The van der Waals surface area contributed by atoms with Gasteiger partial charge in [0.05, 0.1) is 6.61 Å². The Morgan fingerprint density at radius 1 is 1.33 bits per heavy atom. The molecule has 98 valence electrons. The molecule has 0 bridgehead atoms. The third kappa shape index (κ3) is 3.82. The first-order valence-corrected chi connectivity index (χ1v) is 6.44. The number of carbonyl (C=O) groups excluding carboxylic acids is 1. The van der Waals surface area contributed by atoms with Crippen LogP contribution in [-0.2, 0) is 17.9 Å². The Morgan fingerprint density at radius 3 is 2.67 bits per heavy atom. The molecule has 2 rings (SSSR count). The van der Waals surface area contributed by atoms with E-state index in [0.717, 1.165) is 30.6 Å². The van der Waals surface area contributed by atoms with E-state index in [2.05, 4.69) is 10.6 Å². The Morgan fingerprint density at radius 2 is 2.06 bits per heavy atom. The molecule has 0 radical (unpaired) electrons. The van der Waals surface area contributed by atoms with Crippen molar-refractivity contribution in [3.8, 4) is 0 Å². The summed E-state index contributed by atoms with van der Waals surface area (Å²) in [4.78, 5) is 11.7. The Hall–Kier alpha value is -1.39. The molecule has 4 heteroatoms. The van der Waals surface area contributed by atoms with Crippen LogP contribution in [0.15, 0.2) is 24.3 Å². The molecule has 1 saturated heterocycles. The lowest BCUT2D eigenvalue weighted by Gasteiger charge is -2.09. The predicted molar refractivity (Wildman–Crippen MR) is 69.8 cm³/mol. The second-order valence-electron chi connectivity index (χ2n) is 4.81. The van der Waals surface area contributed by atoms with Crippen LogP contribution in [0, 0.1) is 5.92 Å². The SMILES string of the molecule is O=C(CC1CCNC1)NCc1ccc(CO)cc1. The summed E-state index contributed by atoms with van der Waals surface area (Å²) in [5.41, 5.74) is 1.95. The third-order valence-corrected chi connectivity index (χ3v) is 3.33. The molecule has 1 amide bonds. The van der Waals surface area contributed by atoms with E-state index in [4.69, 9.17) is 5.11 Å². The van der Waals surface area contributed by atoms with Crippen LogP contribution >= 0.6 is 0 Å². The van der Waals surface area contributed by atoms with E-state index in [1.54, 1.807) is 0 Å². The van der Waals surface area contributed by atoms with Gasteiger partial charge in [-0.3, -0.25) is 4.79 Å². The van der Waals surface area contributed by atoms with Gasteiger partial charge in [-0.05, 0) is 36.6 Å². The van der Waals surface area contributed by atoms with E-state index in [9.17, 15) is 4.79 Å². The van der Waals surface area contributed by atoms with Gasteiger partial charge in [0.1, 0.15) is 0 Å². The van der Waals surface area contributed by atoms with E-state index in [1.807, 2.05) is 24.3 Å². The van der Waals surface area contributed by atoms with Crippen molar-refractivity contribution in [1.29, 1.82) is 0 Å². The smallest absolute Gasteiger partial charge is 0.220 e. The normalized spacial score (nSPS) is 18.8. The summed E-state index contributed by atoms with van der Waals surface area (Å²) in [6.07, 6.45) is 1.71. The zero-order valence-electron chi connectivity index (χ0n) is 10.5. The Labute approximate surface area is 107 Å². The van der Waals surface area contributed by atoms with E-state index >= 15 is 0 Å². The van der Waals surface area contributed by atoms with Crippen LogP contribution in [0.5, 0.6) is 0 Å². The maximum atomic E-state index is 11.7. The average Bonchev–Trinajstić information content (AvgIpc) is 2.90. The lowest BCUT2D eigenvalue weighted by molar-refractivity contribution is -0.122. The molecule has 1 aliphatic heterocycles. The first kappa shape index (κ1) is 13.1. The number of aliphatic hydroxyl groups is 1. The van der Waals surface area contributed by atoms with Gasteiger partial charge in [0, 0.05) is 13.0 Å². The molecule has 3 N–H and O–H groups in total. The minimum atomic E-state index is 0.0569. The summed E-state index contributed by atoms with van der Waals surface area (Å²) >= 11 is 0. The number of hydrogen-bond donors (Lipinski definition) is 3. The molecule has 0 spiro atoms. The minimum Gasteiger partial charge on any atom is -0.392 e. The zero-order valence-corrected chi connectivity index (χ0v) is 10.5. The molecule has 1 atom stereocenters. The van der Waals surface area contributed by atoms with Crippen LogP contribution in [0.3, 0.4) is 0 Å². The van der Waals surface area contributed by atoms with Crippen molar-refractivity contribution in [1.82, 2.24) is 10.6 Å². The fraction of sp³-hybridized carbons (Fsp3) is 0.500. The van der Waals surface area contributed by atoms with Crippen LogP contribution in [0.4, 0.5) is 0 Å². The number of amides is 1. The zero-order chi connectivity index (χ0) is 12.8. The molecule has 0 aromatic heterocycles. The van der Waals surface area contributed by atoms with Crippen molar-refractivity contribution in [2.24, 2.45) is 5.92 Å². The van der Waals surface area contributed by atoms with Gasteiger partial charge in [-0.1, -0.05) is 24.3 Å². The van der Waals surface area contributed by atoms with Crippen molar-refractivity contribution in [2.45, 2.75) is 26.0 Å². The predicted octanol–water partition coefficient (Wildman–Crippen LogP) is 0.795. The lowest BCUT2D eigenvalue weighted by atomic mass is 10.0. The van der Waals surface area contributed by atoms with Gasteiger partial charge in [0.15, 0.2) is 0 Å². The second kappa shape index (κ2) is 6.52. The number of hydrogen-bond acceptors (Lipinski definition) is 3. The number of benzene rings is 1. The Kier molecular flexibility index (Phi) is 4.73. The fourth-order valence-corrected chi connectivity index (χ4v) is 2.19. The van der Waals surface area contributed by atoms with Gasteiger partial charge >= 0.3 is 0 Å². The molecular weight excluding hydrogens is 228 g/mol.